The van der Waals surface area contributed by atoms with Crippen LogP contribution in [0.15, 0.2) is 46.2 Å². The number of fused-ring (bicyclic) bond motifs is 3. The Bertz CT molecular complexity index is 1300. The standard InChI is InChI=1S/C15H8F6O4S2.C6H16N2.C2H7N.CH6N2.H4N2/c16-14(17,18)26(22,23)12-6-5-10-9-4-2-1-3-8(9)7-11(10)13(12)27(24,25)15(19,20)21;1-3-5-7-8-6-4-2;1-2-3;1-3-2;1-2/h1-6H,7H2;7-8H,3-6H2,1-2H3;2-3H2,1H3;3H,2H2,1H3;1-2H2. The zero-order chi connectivity index (χ0) is 34.1. The average Bonchev–Trinajstić information content (AvgIpc) is 3.30. The third-order valence-corrected chi connectivity index (χ3v) is 8.21. The molecule has 0 aliphatic heterocycles. The van der Waals surface area contributed by atoms with E-state index >= 15 is 0 Å². The number of rotatable bonds is 7. The van der Waals surface area contributed by atoms with Crippen molar-refractivity contribution in [2.45, 2.75) is 60.8 Å². The predicted molar refractivity (Wildman–Crippen MR) is 154 cm³/mol. The Labute approximate surface area is 248 Å². The van der Waals surface area contributed by atoms with Crippen molar-refractivity contribution < 1.29 is 43.2 Å². The van der Waals surface area contributed by atoms with Gasteiger partial charge in [-0.15, -0.1) is 0 Å². The highest BCUT2D eigenvalue weighted by atomic mass is 32.2. The molecule has 250 valence electrons. The number of halogens is 6. The van der Waals surface area contributed by atoms with Crippen LogP contribution in [0.2, 0.25) is 0 Å². The summed E-state index contributed by atoms with van der Waals surface area (Å²) in [5.74, 6) is 12.6. The van der Waals surface area contributed by atoms with Crippen molar-refractivity contribution in [3.8, 4) is 11.1 Å². The molecule has 0 bridgehead atoms. The van der Waals surface area contributed by atoms with Gasteiger partial charge < -0.3 is 5.73 Å². The van der Waals surface area contributed by atoms with Crippen molar-refractivity contribution in [2.24, 2.45) is 23.3 Å². The van der Waals surface area contributed by atoms with Crippen LogP contribution in [0.4, 0.5) is 26.3 Å². The molecule has 0 saturated carbocycles. The van der Waals surface area contributed by atoms with Gasteiger partial charge in [-0.2, -0.15) is 26.3 Å². The molecule has 0 radical (unpaired) electrons. The van der Waals surface area contributed by atoms with Crippen molar-refractivity contribution in [3.63, 3.8) is 0 Å². The summed E-state index contributed by atoms with van der Waals surface area (Å²) in [6, 6.07) is 7.06. The molecule has 0 atom stereocenters. The van der Waals surface area contributed by atoms with Crippen molar-refractivity contribution >= 4 is 19.7 Å². The van der Waals surface area contributed by atoms with Gasteiger partial charge in [0.15, 0.2) is 0 Å². The second kappa shape index (κ2) is 19.8. The maximum atomic E-state index is 13.1. The van der Waals surface area contributed by atoms with E-state index in [1.54, 1.807) is 7.05 Å². The fourth-order valence-corrected chi connectivity index (χ4v) is 5.93. The van der Waals surface area contributed by atoms with Crippen molar-refractivity contribution in [1.29, 1.82) is 0 Å². The van der Waals surface area contributed by atoms with E-state index in [9.17, 15) is 43.2 Å². The number of sulfone groups is 2. The molecule has 0 unspecified atom stereocenters. The molecule has 0 spiro atoms. The van der Waals surface area contributed by atoms with Gasteiger partial charge in [0.05, 0.1) is 9.79 Å². The second-order valence-corrected chi connectivity index (χ2v) is 12.0. The van der Waals surface area contributed by atoms with Crippen molar-refractivity contribution in [3.05, 3.63) is 47.5 Å². The van der Waals surface area contributed by atoms with E-state index in [4.69, 9.17) is 5.73 Å². The number of benzene rings is 2. The van der Waals surface area contributed by atoms with Crippen molar-refractivity contribution in [2.75, 3.05) is 26.7 Å². The van der Waals surface area contributed by atoms with Gasteiger partial charge >= 0.3 is 11.0 Å². The molecule has 11 N–H and O–H groups in total. The first-order valence-corrected chi connectivity index (χ1v) is 15.6. The highest BCUT2D eigenvalue weighted by molar-refractivity contribution is 7.95. The van der Waals surface area contributed by atoms with Crippen LogP contribution in [0, 0.1) is 0 Å². The first-order valence-electron chi connectivity index (χ1n) is 12.7. The zero-order valence-corrected chi connectivity index (χ0v) is 25.9. The number of hydrazine groups is 3. The maximum Gasteiger partial charge on any atom is 0.501 e. The number of hydrogen-bond acceptors (Lipinski definition) is 11. The normalized spacial score (nSPS) is 12.0. The van der Waals surface area contributed by atoms with E-state index in [1.165, 1.54) is 37.1 Å². The minimum atomic E-state index is -6.37. The Morgan fingerprint density at radius 1 is 0.767 bits per heavy atom. The molecule has 0 fully saturated rings. The Hall–Kier alpha value is -2.36. The third-order valence-electron chi connectivity index (χ3n) is 4.94. The summed E-state index contributed by atoms with van der Waals surface area (Å²) in [4.78, 5) is -3.81. The Morgan fingerprint density at radius 2 is 1.19 bits per heavy atom. The first kappa shape index (κ1) is 42.8. The molecule has 0 saturated heterocycles. The second-order valence-electron chi connectivity index (χ2n) is 8.20. The number of hydrogen-bond donors (Lipinski definition) is 7. The summed E-state index contributed by atoms with van der Waals surface area (Å²) >= 11 is 0. The smallest absolute Gasteiger partial charge is 0.331 e. The molecule has 43 heavy (non-hydrogen) atoms. The highest BCUT2D eigenvalue weighted by Gasteiger charge is 2.55. The fourth-order valence-electron chi connectivity index (χ4n) is 3.34. The quantitative estimate of drug-likeness (QED) is 0.0842. The van der Waals surface area contributed by atoms with E-state index in [0.29, 0.717) is 11.1 Å². The molecule has 0 aromatic heterocycles. The van der Waals surface area contributed by atoms with Gasteiger partial charge in [-0.25, -0.2) is 16.8 Å². The van der Waals surface area contributed by atoms with Crippen LogP contribution in [0.5, 0.6) is 0 Å². The summed E-state index contributed by atoms with van der Waals surface area (Å²) in [6.45, 7) is 9.10. The molecule has 1 aliphatic carbocycles. The van der Waals surface area contributed by atoms with Crippen LogP contribution in [0.3, 0.4) is 0 Å². The summed E-state index contributed by atoms with van der Waals surface area (Å²) in [5, 5.41) is 0. The highest BCUT2D eigenvalue weighted by Crippen LogP contribution is 2.47. The monoisotopic (exact) mass is 669 g/mol. The van der Waals surface area contributed by atoms with Gasteiger partial charge in [-0.05, 0) is 54.8 Å². The topological polar surface area (TPSA) is 208 Å². The summed E-state index contributed by atoms with van der Waals surface area (Å²) in [7, 11) is -11.1. The number of alkyl halides is 6. The van der Waals surface area contributed by atoms with Crippen molar-refractivity contribution in [1.82, 2.24) is 16.3 Å². The van der Waals surface area contributed by atoms with Gasteiger partial charge in [0.25, 0.3) is 19.7 Å². The molecular formula is C24H41F6N7O4S2. The lowest BCUT2D eigenvalue weighted by Crippen LogP contribution is -2.32. The molecule has 0 amide bonds. The van der Waals surface area contributed by atoms with Crippen LogP contribution >= 0.6 is 0 Å². The maximum absolute atomic E-state index is 13.1. The minimum Gasteiger partial charge on any atom is -0.331 e. The van der Waals surface area contributed by atoms with E-state index < -0.39 is 52.5 Å². The van der Waals surface area contributed by atoms with Gasteiger partial charge in [0, 0.05) is 19.5 Å². The predicted octanol–water partition coefficient (Wildman–Crippen LogP) is 2.61. The molecule has 0 heterocycles. The van der Waals surface area contributed by atoms with E-state index in [0.717, 1.165) is 25.7 Å². The molecule has 2 aromatic rings. The molecule has 19 heteroatoms. The third kappa shape index (κ3) is 11.9. The number of nitrogens with one attached hydrogen (secondary N) is 3. The van der Waals surface area contributed by atoms with E-state index in [1.807, 2.05) is 6.92 Å². The molecular weight excluding hydrogens is 628 g/mol. The Kier molecular flexibility index (Phi) is 19.7. The Morgan fingerprint density at radius 3 is 1.58 bits per heavy atom. The van der Waals surface area contributed by atoms with Gasteiger partial charge in [0.1, 0.15) is 0 Å². The average molecular weight is 670 g/mol. The summed E-state index contributed by atoms with van der Waals surface area (Å²) < 4.78 is 126. The first-order chi connectivity index (χ1) is 19.9. The molecule has 11 nitrogen and oxygen atoms in total. The van der Waals surface area contributed by atoms with Gasteiger partial charge in [0.2, 0.25) is 0 Å². The van der Waals surface area contributed by atoms with Crippen LogP contribution in [-0.4, -0.2) is 54.5 Å². The fraction of sp³-hybridized carbons (Fsp3) is 0.500. The van der Waals surface area contributed by atoms with Crippen LogP contribution < -0.4 is 39.5 Å². The lowest BCUT2D eigenvalue weighted by Gasteiger charge is -2.18. The van der Waals surface area contributed by atoms with Gasteiger partial charge in [-0.3, -0.25) is 33.8 Å². The van der Waals surface area contributed by atoms with E-state index in [-0.39, 0.29) is 11.6 Å². The SMILES string of the molecule is CCCNNCCC.CCN.CNN.NN.O=S(=O)(c1ccc2c(c1S(=O)(=O)C(F)(F)F)Cc1ccccc1-2)C(F)(F)F. The Balaban J connectivity index is 0. The van der Waals surface area contributed by atoms with Crippen LogP contribution in [0.25, 0.3) is 11.1 Å². The van der Waals surface area contributed by atoms with Gasteiger partial charge in [-0.1, -0.05) is 51.1 Å². The van der Waals surface area contributed by atoms with E-state index in [2.05, 4.69) is 47.7 Å². The van der Waals surface area contributed by atoms with Crippen LogP contribution in [0.1, 0.15) is 44.7 Å². The molecule has 2 aromatic carbocycles. The zero-order valence-electron chi connectivity index (χ0n) is 24.2. The van der Waals surface area contributed by atoms with Crippen LogP contribution in [-0.2, 0) is 26.1 Å². The minimum absolute atomic E-state index is 0.0606. The summed E-state index contributed by atoms with van der Waals surface area (Å²) in [5.41, 5.74) is 1.32. The number of nitrogens with two attached hydrogens (primary N) is 4. The lowest BCUT2D eigenvalue weighted by atomic mass is 10.1. The summed E-state index contributed by atoms with van der Waals surface area (Å²) in [6.07, 6.45) is 1.94. The molecule has 3 rings (SSSR count). The lowest BCUT2D eigenvalue weighted by molar-refractivity contribution is -0.0456. The largest absolute Gasteiger partial charge is 0.501 e. The molecule has 1 aliphatic rings.